The highest BCUT2D eigenvalue weighted by atomic mass is 79.9. The number of halogens is 2. The summed E-state index contributed by atoms with van der Waals surface area (Å²) in [5.74, 6) is -0.809. The van der Waals surface area contributed by atoms with E-state index in [1.807, 2.05) is 19.1 Å². The van der Waals surface area contributed by atoms with Gasteiger partial charge in [0, 0.05) is 23.6 Å². The number of aryl methyl sites for hydroxylation is 1. The topological polar surface area (TPSA) is 96.5 Å². The zero-order chi connectivity index (χ0) is 22.1. The number of ether oxygens (including phenoxy) is 1. The second-order valence-electron chi connectivity index (χ2n) is 6.46. The van der Waals surface area contributed by atoms with E-state index in [1.54, 1.807) is 31.2 Å². The minimum Gasteiger partial charge on any atom is -0.483 e. The van der Waals surface area contributed by atoms with Crippen LogP contribution in [0.1, 0.15) is 30.9 Å². The van der Waals surface area contributed by atoms with Gasteiger partial charge in [0.15, 0.2) is 6.61 Å². The van der Waals surface area contributed by atoms with Gasteiger partial charge < -0.3 is 10.1 Å². The van der Waals surface area contributed by atoms with Crippen LogP contribution in [0.15, 0.2) is 40.9 Å². The van der Waals surface area contributed by atoms with Crippen LogP contribution in [0.5, 0.6) is 5.75 Å². The molecule has 0 heterocycles. The van der Waals surface area contributed by atoms with E-state index in [0.717, 1.165) is 22.0 Å². The first-order chi connectivity index (χ1) is 14.3. The van der Waals surface area contributed by atoms with Gasteiger partial charge in [0.05, 0.1) is 4.47 Å². The highest BCUT2D eigenvalue weighted by molar-refractivity contribution is 9.10. The second kappa shape index (κ2) is 11.6. The van der Waals surface area contributed by atoms with Crippen LogP contribution in [0.25, 0.3) is 0 Å². The Hall–Kier alpha value is -2.58. The highest BCUT2D eigenvalue weighted by Crippen LogP contribution is 2.26. The molecule has 2 rings (SSSR count). The zero-order valence-corrected chi connectivity index (χ0v) is 19.0. The Morgan fingerprint density at radius 1 is 1.03 bits per heavy atom. The molecule has 9 heteroatoms. The molecule has 30 heavy (non-hydrogen) atoms. The SMILES string of the molecule is CCc1ccc(OCC(=O)NNC(=O)CCC(=O)Nc2cccc(Cl)c2C)c(Br)c1. The minimum atomic E-state index is -0.520. The standard InChI is InChI=1S/C21H23BrClN3O4/c1-3-14-7-8-18(15(22)11-14)30-12-21(29)26-25-20(28)10-9-19(27)24-17-6-4-5-16(23)13(17)2/h4-8,11H,3,9-10,12H2,1-2H3,(H,24,27)(H,25,28)(H,26,29). The number of hydrogen-bond acceptors (Lipinski definition) is 4. The highest BCUT2D eigenvalue weighted by Gasteiger charge is 2.11. The van der Waals surface area contributed by atoms with Gasteiger partial charge in [0.25, 0.3) is 5.91 Å². The third kappa shape index (κ3) is 7.35. The number of carbonyl (C=O) groups excluding carboxylic acids is 3. The number of hydrazine groups is 1. The van der Waals surface area contributed by atoms with Gasteiger partial charge in [0.2, 0.25) is 11.8 Å². The maximum absolute atomic E-state index is 12.0. The smallest absolute Gasteiger partial charge is 0.276 e. The molecule has 0 aliphatic rings. The van der Waals surface area contributed by atoms with Gasteiger partial charge in [-0.25, -0.2) is 0 Å². The van der Waals surface area contributed by atoms with Crippen molar-refractivity contribution in [1.29, 1.82) is 0 Å². The van der Waals surface area contributed by atoms with Crippen LogP contribution >= 0.6 is 27.5 Å². The molecule has 0 aromatic heterocycles. The largest absolute Gasteiger partial charge is 0.483 e. The van der Waals surface area contributed by atoms with Gasteiger partial charge >= 0.3 is 0 Å². The number of anilines is 1. The average molecular weight is 497 g/mol. The molecular weight excluding hydrogens is 474 g/mol. The lowest BCUT2D eigenvalue weighted by atomic mass is 10.2. The van der Waals surface area contributed by atoms with E-state index >= 15 is 0 Å². The van der Waals surface area contributed by atoms with Crippen LogP contribution in [-0.2, 0) is 20.8 Å². The molecule has 7 nitrogen and oxygen atoms in total. The predicted molar refractivity (Wildman–Crippen MR) is 119 cm³/mol. The van der Waals surface area contributed by atoms with Crippen molar-refractivity contribution < 1.29 is 19.1 Å². The Morgan fingerprint density at radius 2 is 1.73 bits per heavy atom. The number of rotatable bonds is 8. The fourth-order valence-electron chi connectivity index (χ4n) is 2.45. The molecule has 0 saturated heterocycles. The molecule has 0 bridgehead atoms. The van der Waals surface area contributed by atoms with Gasteiger partial charge in [-0.05, 0) is 64.7 Å². The first kappa shape index (κ1) is 23.7. The van der Waals surface area contributed by atoms with Gasteiger partial charge in [0.1, 0.15) is 5.75 Å². The minimum absolute atomic E-state index is 0.0408. The fourth-order valence-corrected chi connectivity index (χ4v) is 3.16. The molecule has 0 spiro atoms. The van der Waals surface area contributed by atoms with E-state index in [4.69, 9.17) is 16.3 Å². The first-order valence-corrected chi connectivity index (χ1v) is 10.5. The molecule has 0 radical (unpaired) electrons. The molecule has 3 amide bonds. The van der Waals surface area contributed by atoms with Gasteiger partial charge in [-0.15, -0.1) is 0 Å². The van der Waals surface area contributed by atoms with Crippen LogP contribution in [0.3, 0.4) is 0 Å². The fraction of sp³-hybridized carbons (Fsp3) is 0.286. The van der Waals surface area contributed by atoms with Crippen molar-refractivity contribution in [3.05, 3.63) is 57.0 Å². The summed E-state index contributed by atoms with van der Waals surface area (Å²) >= 11 is 9.41. The van der Waals surface area contributed by atoms with Crippen molar-refractivity contribution in [2.75, 3.05) is 11.9 Å². The quantitative estimate of drug-likeness (QED) is 0.483. The lowest BCUT2D eigenvalue weighted by Crippen LogP contribution is -2.44. The molecule has 0 aliphatic carbocycles. The van der Waals surface area contributed by atoms with Crippen LogP contribution in [-0.4, -0.2) is 24.3 Å². The third-order valence-electron chi connectivity index (χ3n) is 4.23. The Balaban J connectivity index is 1.69. The molecule has 0 saturated carbocycles. The maximum Gasteiger partial charge on any atom is 0.276 e. The van der Waals surface area contributed by atoms with E-state index in [2.05, 4.69) is 32.1 Å². The van der Waals surface area contributed by atoms with Crippen molar-refractivity contribution in [1.82, 2.24) is 10.9 Å². The maximum atomic E-state index is 12.0. The molecule has 0 aliphatic heterocycles. The average Bonchev–Trinajstić information content (AvgIpc) is 2.73. The number of amides is 3. The molecule has 2 aromatic rings. The Kier molecular flexibility index (Phi) is 9.14. The van der Waals surface area contributed by atoms with E-state index < -0.39 is 11.8 Å². The molecule has 0 atom stereocenters. The number of nitrogens with one attached hydrogen (secondary N) is 3. The van der Waals surface area contributed by atoms with E-state index in [1.165, 1.54) is 0 Å². The molecule has 0 unspecified atom stereocenters. The van der Waals surface area contributed by atoms with Crippen molar-refractivity contribution >= 4 is 50.9 Å². The Labute approximate surface area is 188 Å². The number of benzene rings is 2. The zero-order valence-electron chi connectivity index (χ0n) is 16.7. The van der Waals surface area contributed by atoms with Crippen molar-refractivity contribution in [2.24, 2.45) is 0 Å². The van der Waals surface area contributed by atoms with Crippen molar-refractivity contribution in [2.45, 2.75) is 33.1 Å². The van der Waals surface area contributed by atoms with Gasteiger partial charge in [-0.3, -0.25) is 25.2 Å². The lowest BCUT2D eigenvalue weighted by Gasteiger charge is -2.11. The third-order valence-corrected chi connectivity index (χ3v) is 5.25. The normalized spacial score (nSPS) is 10.3. The van der Waals surface area contributed by atoms with Gasteiger partial charge in [-0.2, -0.15) is 0 Å². The summed E-state index contributed by atoms with van der Waals surface area (Å²) < 4.78 is 6.18. The monoisotopic (exact) mass is 495 g/mol. The lowest BCUT2D eigenvalue weighted by molar-refractivity contribution is -0.130. The van der Waals surface area contributed by atoms with Crippen LogP contribution in [0.2, 0.25) is 5.02 Å². The number of carbonyl (C=O) groups is 3. The molecule has 0 fully saturated rings. The van der Waals surface area contributed by atoms with Gasteiger partial charge in [-0.1, -0.05) is 30.7 Å². The van der Waals surface area contributed by atoms with E-state index in [-0.39, 0.29) is 25.4 Å². The summed E-state index contributed by atoms with van der Waals surface area (Å²) in [6.45, 7) is 3.57. The second-order valence-corrected chi connectivity index (χ2v) is 7.73. The van der Waals surface area contributed by atoms with Crippen LogP contribution < -0.4 is 20.9 Å². The first-order valence-electron chi connectivity index (χ1n) is 9.34. The summed E-state index contributed by atoms with van der Waals surface area (Å²) in [4.78, 5) is 35.7. The summed E-state index contributed by atoms with van der Waals surface area (Å²) in [7, 11) is 0. The van der Waals surface area contributed by atoms with Crippen molar-refractivity contribution in [3.63, 3.8) is 0 Å². The van der Waals surface area contributed by atoms with Crippen LogP contribution in [0.4, 0.5) is 5.69 Å². The van der Waals surface area contributed by atoms with E-state index in [9.17, 15) is 14.4 Å². The molecule has 160 valence electrons. The Morgan fingerprint density at radius 3 is 2.43 bits per heavy atom. The summed E-state index contributed by atoms with van der Waals surface area (Å²) in [6.07, 6.45) is 0.764. The predicted octanol–water partition coefficient (Wildman–Crippen LogP) is 3.92. The number of hydrogen-bond donors (Lipinski definition) is 3. The summed E-state index contributed by atoms with van der Waals surface area (Å²) in [5, 5.41) is 3.25. The van der Waals surface area contributed by atoms with E-state index in [0.29, 0.717) is 16.5 Å². The summed E-state index contributed by atoms with van der Waals surface area (Å²) in [6, 6.07) is 10.8. The molecule has 2 aromatic carbocycles. The molecule has 3 N–H and O–H groups in total. The molecular formula is C21H23BrClN3O4. The van der Waals surface area contributed by atoms with Crippen molar-refractivity contribution in [3.8, 4) is 5.75 Å². The summed E-state index contributed by atoms with van der Waals surface area (Å²) in [5.41, 5.74) is 7.00. The van der Waals surface area contributed by atoms with Crippen LogP contribution in [0, 0.1) is 6.92 Å². The Bertz CT molecular complexity index is 936.